The Bertz CT molecular complexity index is 511. The summed E-state index contributed by atoms with van der Waals surface area (Å²) in [5.41, 5.74) is 8.25. The molecule has 0 saturated carbocycles. The monoisotopic (exact) mass is 274 g/mol. The van der Waals surface area contributed by atoms with Gasteiger partial charge in [0.05, 0.1) is 0 Å². The van der Waals surface area contributed by atoms with Crippen LogP contribution in [0.4, 0.5) is 5.69 Å². The predicted octanol–water partition coefficient (Wildman–Crippen LogP) is 2.30. The van der Waals surface area contributed by atoms with E-state index >= 15 is 0 Å². The first-order valence-electron chi connectivity index (χ1n) is 7.34. The number of amides is 1. The molecule has 2 N–H and O–H groups in total. The van der Waals surface area contributed by atoms with Gasteiger partial charge in [0, 0.05) is 30.6 Å². The molecule has 4 heteroatoms. The molecule has 0 aliphatic carbocycles. The summed E-state index contributed by atoms with van der Waals surface area (Å²) in [6.45, 7) is 3.19. The molecule has 0 unspecified atom stereocenters. The van der Waals surface area contributed by atoms with Gasteiger partial charge in [-0.2, -0.15) is 0 Å². The Balaban J connectivity index is 2.23. The molecule has 1 aliphatic heterocycles. The zero-order valence-electron chi connectivity index (χ0n) is 12.0. The van der Waals surface area contributed by atoms with Crippen molar-refractivity contribution in [2.24, 2.45) is 5.73 Å². The third-order valence-electron chi connectivity index (χ3n) is 3.73. The van der Waals surface area contributed by atoms with Crippen molar-refractivity contribution in [1.82, 2.24) is 0 Å². The van der Waals surface area contributed by atoms with Crippen LogP contribution in [0, 0.1) is 0 Å². The second kappa shape index (κ2) is 6.66. The lowest BCUT2D eigenvalue weighted by Crippen LogP contribution is -2.35. The van der Waals surface area contributed by atoms with Crippen LogP contribution in [0.15, 0.2) is 18.2 Å². The number of nitrogens with two attached hydrogens (primary N) is 1. The standard InChI is InChI=1S/C16H22N2O2/c1-2-16(20)18-10-4-5-12-11-13(7-8-14(12)18)15(19)6-3-9-17/h7-8,11H,2-6,9-10,17H2,1H3. The largest absolute Gasteiger partial charge is 0.330 e. The number of aryl methyl sites for hydroxylation is 1. The normalized spacial score (nSPS) is 14.0. The molecular formula is C16H22N2O2. The van der Waals surface area contributed by atoms with Crippen LogP contribution in [-0.4, -0.2) is 24.8 Å². The highest BCUT2D eigenvalue weighted by Gasteiger charge is 2.22. The van der Waals surface area contributed by atoms with Crippen LogP contribution in [0.25, 0.3) is 0 Å². The molecule has 0 bridgehead atoms. The second-order valence-electron chi connectivity index (χ2n) is 5.16. The van der Waals surface area contributed by atoms with Gasteiger partial charge in [-0.1, -0.05) is 6.92 Å². The third kappa shape index (κ3) is 3.07. The maximum absolute atomic E-state index is 12.0. The SMILES string of the molecule is CCC(=O)N1CCCc2cc(C(=O)CCCN)ccc21. The summed E-state index contributed by atoms with van der Waals surface area (Å²) in [6.07, 6.45) is 3.61. The Morgan fingerprint density at radius 3 is 2.85 bits per heavy atom. The van der Waals surface area contributed by atoms with Crippen molar-refractivity contribution in [1.29, 1.82) is 0 Å². The minimum absolute atomic E-state index is 0.136. The topological polar surface area (TPSA) is 63.4 Å². The van der Waals surface area contributed by atoms with Gasteiger partial charge >= 0.3 is 0 Å². The first-order chi connectivity index (χ1) is 9.67. The predicted molar refractivity (Wildman–Crippen MR) is 80.0 cm³/mol. The Kier molecular flexibility index (Phi) is 4.90. The maximum atomic E-state index is 12.0. The van der Waals surface area contributed by atoms with E-state index in [9.17, 15) is 9.59 Å². The van der Waals surface area contributed by atoms with Crippen LogP contribution >= 0.6 is 0 Å². The molecule has 0 atom stereocenters. The van der Waals surface area contributed by atoms with Gasteiger partial charge in [0.1, 0.15) is 0 Å². The number of benzene rings is 1. The first kappa shape index (κ1) is 14.7. The van der Waals surface area contributed by atoms with E-state index in [4.69, 9.17) is 5.73 Å². The number of carbonyl (C=O) groups is 2. The van der Waals surface area contributed by atoms with Crippen LogP contribution < -0.4 is 10.6 Å². The van der Waals surface area contributed by atoms with E-state index in [1.807, 2.05) is 30.0 Å². The molecule has 1 heterocycles. The molecule has 0 aromatic heterocycles. The van der Waals surface area contributed by atoms with Crippen LogP contribution in [0.1, 0.15) is 48.5 Å². The Morgan fingerprint density at radius 2 is 2.15 bits per heavy atom. The summed E-state index contributed by atoms with van der Waals surface area (Å²) in [5.74, 6) is 0.283. The minimum atomic E-state index is 0.136. The van der Waals surface area contributed by atoms with Crippen LogP contribution in [-0.2, 0) is 11.2 Å². The smallest absolute Gasteiger partial charge is 0.226 e. The lowest BCUT2D eigenvalue weighted by Gasteiger charge is -2.29. The van der Waals surface area contributed by atoms with Gasteiger partial charge in [-0.15, -0.1) is 0 Å². The van der Waals surface area contributed by atoms with Crippen molar-refractivity contribution < 1.29 is 9.59 Å². The van der Waals surface area contributed by atoms with Crippen LogP contribution in [0.3, 0.4) is 0 Å². The van der Waals surface area contributed by atoms with E-state index in [0.29, 0.717) is 19.4 Å². The van der Waals surface area contributed by atoms with Crippen molar-refractivity contribution >= 4 is 17.4 Å². The number of anilines is 1. The highest BCUT2D eigenvalue weighted by Crippen LogP contribution is 2.29. The lowest BCUT2D eigenvalue weighted by molar-refractivity contribution is -0.118. The average Bonchev–Trinajstić information content (AvgIpc) is 2.50. The highest BCUT2D eigenvalue weighted by atomic mass is 16.2. The number of fused-ring (bicyclic) bond motifs is 1. The number of carbonyl (C=O) groups excluding carboxylic acids is 2. The second-order valence-corrected chi connectivity index (χ2v) is 5.16. The van der Waals surface area contributed by atoms with Gasteiger partial charge in [-0.3, -0.25) is 9.59 Å². The molecule has 1 aromatic rings. The van der Waals surface area contributed by atoms with Crippen LogP contribution in [0.2, 0.25) is 0 Å². The molecule has 1 aromatic carbocycles. The molecule has 0 saturated heterocycles. The summed E-state index contributed by atoms with van der Waals surface area (Å²) < 4.78 is 0. The number of nitrogens with zero attached hydrogens (tertiary/aromatic N) is 1. The molecule has 4 nitrogen and oxygen atoms in total. The quantitative estimate of drug-likeness (QED) is 0.838. The first-order valence-corrected chi connectivity index (χ1v) is 7.34. The van der Waals surface area contributed by atoms with Gasteiger partial charge in [-0.05, 0) is 49.6 Å². The van der Waals surface area contributed by atoms with E-state index in [2.05, 4.69) is 0 Å². The maximum Gasteiger partial charge on any atom is 0.226 e. The number of Topliss-reactive ketones (excluding diaryl/α,β-unsaturated/α-hetero) is 1. The van der Waals surface area contributed by atoms with Gasteiger partial charge in [0.15, 0.2) is 5.78 Å². The summed E-state index contributed by atoms with van der Waals surface area (Å²) >= 11 is 0. The summed E-state index contributed by atoms with van der Waals surface area (Å²) in [4.78, 5) is 25.8. The van der Waals surface area contributed by atoms with Gasteiger partial charge in [0.2, 0.25) is 5.91 Å². The highest BCUT2D eigenvalue weighted by molar-refractivity contribution is 5.98. The lowest BCUT2D eigenvalue weighted by atomic mass is 9.96. The third-order valence-corrected chi connectivity index (χ3v) is 3.73. The molecule has 1 aliphatic rings. The summed E-state index contributed by atoms with van der Waals surface area (Å²) in [6, 6.07) is 5.69. The Morgan fingerprint density at radius 1 is 1.35 bits per heavy atom. The molecular weight excluding hydrogens is 252 g/mol. The zero-order valence-corrected chi connectivity index (χ0v) is 12.0. The fourth-order valence-electron chi connectivity index (χ4n) is 2.63. The van der Waals surface area contributed by atoms with Gasteiger partial charge in [-0.25, -0.2) is 0 Å². The number of rotatable bonds is 5. The van der Waals surface area contributed by atoms with E-state index in [1.165, 1.54) is 0 Å². The van der Waals surface area contributed by atoms with Crippen molar-refractivity contribution in [3.8, 4) is 0 Å². The molecule has 2 rings (SSSR count). The van der Waals surface area contributed by atoms with E-state index in [1.54, 1.807) is 0 Å². The fraction of sp³-hybridized carbons (Fsp3) is 0.500. The minimum Gasteiger partial charge on any atom is -0.330 e. The van der Waals surface area contributed by atoms with Crippen molar-refractivity contribution in [2.75, 3.05) is 18.0 Å². The molecule has 0 spiro atoms. The van der Waals surface area contributed by atoms with Crippen molar-refractivity contribution in [2.45, 2.75) is 39.0 Å². The van der Waals surface area contributed by atoms with Gasteiger partial charge in [0.25, 0.3) is 0 Å². The van der Waals surface area contributed by atoms with E-state index < -0.39 is 0 Å². The zero-order chi connectivity index (χ0) is 14.5. The number of ketones is 1. The average molecular weight is 274 g/mol. The van der Waals surface area contributed by atoms with E-state index in [-0.39, 0.29) is 11.7 Å². The Labute approximate surface area is 119 Å². The Hall–Kier alpha value is -1.68. The van der Waals surface area contributed by atoms with Gasteiger partial charge < -0.3 is 10.6 Å². The fourth-order valence-corrected chi connectivity index (χ4v) is 2.63. The summed E-state index contributed by atoms with van der Waals surface area (Å²) in [7, 11) is 0. The van der Waals surface area contributed by atoms with E-state index in [0.717, 1.165) is 42.6 Å². The number of hydrogen-bond acceptors (Lipinski definition) is 3. The molecule has 0 radical (unpaired) electrons. The van der Waals surface area contributed by atoms with Crippen molar-refractivity contribution in [3.63, 3.8) is 0 Å². The molecule has 20 heavy (non-hydrogen) atoms. The molecule has 0 fully saturated rings. The molecule has 108 valence electrons. The molecule has 1 amide bonds. The number of hydrogen-bond donors (Lipinski definition) is 1. The van der Waals surface area contributed by atoms with Crippen molar-refractivity contribution in [3.05, 3.63) is 29.3 Å². The summed E-state index contributed by atoms with van der Waals surface area (Å²) in [5, 5.41) is 0. The van der Waals surface area contributed by atoms with Crippen LogP contribution in [0.5, 0.6) is 0 Å².